The highest BCUT2D eigenvalue weighted by atomic mass is 35.5. The minimum absolute atomic E-state index is 0.738. The van der Waals surface area contributed by atoms with Crippen molar-refractivity contribution in [3.63, 3.8) is 0 Å². The predicted octanol–water partition coefficient (Wildman–Crippen LogP) is 1.28. The van der Waals surface area contributed by atoms with Crippen molar-refractivity contribution in [3.05, 3.63) is 15.5 Å². The first-order chi connectivity index (χ1) is 8.81. The van der Waals surface area contributed by atoms with Crippen LogP contribution in [0.2, 0.25) is 4.34 Å². The van der Waals surface area contributed by atoms with E-state index < -0.39 is 0 Å². The minimum Gasteiger partial charge on any atom is -0.314 e. The molecule has 1 N–H and O–H groups in total. The standard InChI is InChI=1S/C12H19ClN4S/c13-11-7-15-12(18-11)9-16-4-1-10(8-16)17-5-2-14-3-6-17/h7,10,14H,1-6,8-9H2. The van der Waals surface area contributed by atoms with Gasteiger partial charge in [-0.05, 0) is 6.42 Å². The fourth-order valence-corrected chi connectivity index (χ4v) is 3.85. The second kappa shape index (κ2) is 5.84. The first kappa shape index (κ1) is 12.8. The average molecular weight is 287 g/mol. The Balaban J connectivity index is 1.51. The number of aromatic nitrogens is 1. The number of likely N-dealkylation sites (tertiary alicyclic amines) is 1. The Morgan fingerprint density at radius 1 is 1.39 bits per heavy atom. The van der Waals surface area contributed by atoms with Crippen molar-refractivity contribution in [2.24, 2.45) is 0 Å². The predicted molar refractivity (Wildman–Crippen MR) is 75.2 cm³/mol. The van der Waals surface area contributed by atoms with Gasteiger partial charge in [-0.15, -0.1) is 11.3 Å². The number of piperazine rings is 1. The summed E-state index contributed by atoms with van der Waals surface area (Å²) in [7, 11) is 0. The Hall–Kier alpha value is -0.200. The molecule has 0 bridgehead atoms. The smallest absolute Gasteiger partial charge is 0.113 e. The van der Waals surface area contributed by atoms with Gasteiger partial charge in [-0.2, -0.15) is 0 Å². The molecule has 0 aromatic carbocycles. The molecule has 2 fully saturated rings. The number of hydrogen-bond acceptors (Lipinski definition) is 5. The summed E-state index contributed by atoms with van der Waals surface area (Å²) in [5.74, 6) is 0. The summed E-state index contributed by atoms with van der Waals surface area (Å²) in [5, 5.41) is 4.55. The normalized spacial score (nSPS) is 26.8. The van der Waals surface area contributed by atoms with Crippen molar-refractivity contribution in [3.8, 4) is 0 Å². The molecule has 2 saturated heterocycles. The average Bonchev–Trinajstić information content (AvgIpc) is 3.01. The van der Waals surface area contributed by atoms with Crippen molar-refractivity contribution in [2.45, 2.75) is 19.0 Å². The van der Waals surface area contributed by atoms with Gasteiger partial charge < -0.3 is 5.32 Å². The molecule has 0 aliphatic carbocycles. The van der Waals surface area contributed by atoms with E-state index in [-0.39, 0.29) is 0 Å². The molecule has 100 valence electrons. The highest BCUT2D eigenvalue weighted by Gasteiger charge is 2.28. The summed E-state index contributed by atoms with van der Waals surface area (Å²) in [6, 6.07) is 0.738. The van der Waals surface area contributed by atoms with Crippen LogP contribution in [0.4, 0.5) is 0 Å². The summed E-state index contributed by atoms with van der Waals surface area (Å²) >= 11 is 7.52. The highest BCUT2D eigenvalue weighted by Crippen LogP contribution is 2.23. The van der Waals surface area contributed by atoms with Crippen molar-refractivity contribution in [2.75, 3.05) is 39.3 Å². The van der Waals surface area contributed by atoms with Crippen LogP contribution in [0.25, 0.3) is 0 Å². The molecule has 0 spiro atoms. The second-order valence-electron chi connectivity index (χ2n) is 5.02. The molecule has 6 heteroatoms. The van der Waals surface area contributed by atoms with Gasteiger partial charge in [-0.25, -0.2) is 4.98 Å². The quantitative estimate of drug-likeness (QED) is 0.907. The maximum atomic E-state index is 5.92. The SMILES string of the molecule is Clc1cnc(CN2CCC(N3CCNCC3)C2)s1. The highest BCUT2D eigenvalue weighted by molar-refractivity contribution is 7.15. The molecule has 1 atom stereocenters. The Bertz CT molecular complexity index is 391. The molecule has 4 nitrogen and oxygen atoms in total. The molecule has 18 heavy (non-hydrogen) atoms. The number of halogens is 1. The monoisotopic (exact) mass is 286 g/mol. The van der Waals surface area contributed by atoms with Crippen molar-refractivity contribution in [1.82, 2.24) is 20.1 Å². The molecule has 1 aromatic heterocycles. The van der Waals surface area contributed by atoms with Crippen LogP contribution < -0.4 is 5.32 Å². The minimum atomic E-state index is 0.738. The lowest BCUT2D eigenvalue weighted by Gasteiger charge is -2.32. The van der Waals surface area contributed by atoms with E-state index in [9.17, 15) is 0 Å². The molecule has 0 radical (unpaired) electrons. The number of nitrogens with zero attached hydrogens (tertiary/aromatic N) is 3. The Kier molecular flexibility index (Phi) is 4.16. The van der Waals surface area contributed by atoms with E-state index in [1.165, 1.54) is 32.6 Å². The first-order valence-corrected chi connectivity index (χ1v) is 7.78. The van der Waals surface area contributed by atoms with Gasteiger partial charge in [0.2, 0.25) is 0 Å². The van der Waals surface area contributed by atoms with Gasteiger partial charge >= 0.3 is 0 Å². The number of hydrogen-bond donors (Lipinski definition) is 1. The lowest BCUT2D eigenvalue weighted by Crippen LogP contribution is -2.49. The molecular formula is C12H19ClN4S. The Labute approximate surface area is 117 Å². The van der Waals surface area contributed by atoms with Gasteiger partial charge in [0.15, 0.2) is 0 Å². The van der Waals surface area contributed by atoms with E-state index in [0.717, 1.165) is 35.0 Å². The zero-order chi connectivity index (χ0) is 12.4. The number of rotatable bonds is 3. The molecule has 0 saturated carbocycles. The molecule has 3 rings (SSSR count). The van der Waals surface area contributed by atoms with Crippen LogP contribution in [-0.4, -0.2) is 60.1 Å². The number of thiazole rings is 1. The molecular weight excluding hydrogens is 268 g/mol. The molecule has 1 unspecified atom stereocenters. The lowest BCUT2D eigenvalue weighted by molar-refractivity contribution is 0.170. The van der Waals surface area contributed by atoms with E-state index in [0.29, 0.717) is 0 Å². The van der Waals surface area contributed by atoms with Crippen LogP contribution in [0, 0.1) is 0 Å². The van der Waals surface area contributed by atoms with Gasteiger partial charge in [-0.1, -0.05) is 11.6 Å². The van der Waals surface area contributed by atoms with Crippen molar-refractivity contribution >= 4 is 22.9 Å². The summed E-state index contributed by atoms with van der Waals surface area (Å²) in [4.78, 5) is 9.47. The molecule has 0 amide bonds. The maximum absolute atomic E-state index is 5.92. The van der Waals surface area contributed by atoms with Gasteiger partial charge in [0.25, 0.3) is 0 Å². The topological polar surface area (TPSA) is 31.4 Å². The lowest BCUT2D eigenvalue weighted by atomic mass is 10.2. The summed E-state index contributed by atoms with van der Waals surface area (Å²) < 4.78 is 0.794. The third kappa shape index (κ3) is 3.03. The van der Waals surface area contributed by atoms with Crippen molar-refractivity contribution < 1.29 is 0 Å². The zero-order valence-electron chi connectivity index (χ0n) is 10.4. The van der Waals surface area contributed by atoms with Crippen LogP contribution in [0.5, 0.6) is 0 Å². The summed E-state index contributed by atoms with van der Waals surface area (Å²) in [5.41, 5.74) is 0. The van der Waals surface area contributed by atoms with E-state index in [2.05, 4.69) is 20.1 Å². The van der Waals surface area contributed by atoms with E-state index >= 15 is 0 Å². The van der Waals surface area contributed by atoms with E-state index in [1.807, 2.05) is 0 Å². The third-order valence-corrected chi connectivity index (χ3v) is 4.90. The number of nitrogens with one attached hydrogen (secondary N) is 1. The van der Waals surface area contributed by atoms with Crippen LogP contribution in [0.3, 0.4) is 0 Å². The van der Waals surface area contributed by atoms with Crippen LogP contribution in [0.1, 0.15) is 11.4 Å². The van der Waals surface area contributed by atoms with Crippen LogP contribution >= 0.6 is 22.9 Å². The molecule has 2 aliphatic rings. The van der Waals surface area contributed by atoms with E-state index in [1.54, 1.807) is 17.5 Å². The largest absolute Gasteiger partial charge is 0.314 e. The Morgan fingerprint density at radius 3 is 2.94 bits per heavy atom. The fourth-order valence-electron chi connectivity index (χ4n) is 2.85. The Morgan fingerprint density at radius 2 is 2.22 bits per heavy atom. The second-order valence-corrected chi connectivity index (χ2v) is 6.77. The van der Waals surface area contributed by atoms with Gasteiger partial charge in [-0.3, -0.25) is 9.80 Å². The maximum Gasteiger partial charge on any atom is 0.113 e. The molecule has 2 aliphatic heterocycles. The van der Waals surface area contributed by atoms with Crippen LogP contribution in [-0.2, 0) is 6.54 Å². The van der Waals surface area contributed by atoms with Crippen molar-refractivity contribution in [1.29, 1.82) is 0 Å². The van der Waals surface area contributed by atoms with E-state index in [4.69, 9.17) is 11.6 Å². The zero-order valence-corrected chi connectivity index (χ0v) is 12.0. The summed E-state index contributed by atoms with van der Waals surface area (Å²) in [6.07, 6.45) is 3.05. The molecule has 1 aromatic rings. The fraction of sp³-hybridized carbons (Fsp3) is 0.750. The van der Waals surface area contributed by atoms with Gasteiger partial charge in [0, 0.05) is 45.3 Å². The van der Waals surface area contributed by atoms with Gasteiger partial charge in [0.1, 0.15) is 9.34 Å². The first-order valence-electron chi connectivity index (χ1n) is 6.58. The van der Waals surface area contributed by atoms with Gasteiger partial charge in [0.05, 0.1) is 12.7 Å². The van der Waals surface area contributed by atoms with Crippen LogP contribution in [0.15, 0.2) is 6.20 Å². The molecule has 3 heterocycles. The third-order valence-electron chi connectivity index (χ3n) is 3.80. The summed E-state index contributed by atoms with van der Waals surface area (Å²) in [6.45, 7) is 7.99.